The number of rotatable bonds is 9. The van der Waals surface area contributed by atoms with E-state index in [1.165, 1.54) is 6.26 Å². The molecule has 31 heavy (non-hydrogen) atoms. The fourth-order valence-electron chi connectivity index (χ4n) is 2.90. The van der Waals surface area contributed by atoms with Gasteiger partial charge in [-0.15, -0.1) is 0 Å². The first-order valence-electron chi connectivity index (χ1n) is 9.68. The smallest absolute Gasteiger partial charge is 0.321 e. The number of carbonyl (C=O) groups excluding carboxylic acids is 2. The first-order valence-corrected chi connectivity index (χ1v) is 9.68. The van der Waals surface area contributed by atoms with Crippen molar-refractivity contribution in [3.63, 3.8) is 0 Å². The van der Waals surface area contributed by atoms with Crippen LogP contribution in [-0.4, -0.2) is 28.9 Å². The van der Waals surface area contributed by atoms with E-state index < -0.39 is 17.9 Å². The van der Waals surface area contributed by atoms with Gasteiger partial charge in [0.15, 0.2) is 0 Å². The molecule has 0 radical (unpaired) electrons. The number of para-hydroxylation sites is 1. The minimum Gasteiger partial charge on any atom is -0.480 e. The van der Waals surface area contributed by atoms with Crippen molar-refractivity contribution in [1.82, 2.24) is 5.32 Å². The monoisotopic (exact) mass is 421 g/mol. The zero-order valence-corrected chi connectivity index (χ0v) is 16.9. The standard InChI is InChI=1S/C23H23N3O5/c1-15-8-10-16(11-9-15)25-22(28)18-6-2-3-7-19(18)26-21(27)13-20(23(29)30)24-14-17-5-4-12-31-17/h2-12,20,24H,13-14H2,1H3,(H,25,28)(H,26,27)(H,29,30)/t20-/m1/s1. The summed E-state index contributed by atoms with van der Waals surface area (Å²) in [5, 5.41) is 17.6. The lowest BCUT2D eigenvalue weighted by Crippen LogP contribution is -2.39. The summed E-state index contributed by atoms with van der Waals surface area (Å²) >= 11 is 0. The summed E-state index contributed by atoms with van der Waals surface area (Å²) in [5.74, 6) is -1.52. The van der Waals surface area contributed by atoms with Crippen LogP contribution in [0.3, 0.4) is 0 Å². The molecule has 8 heteroatoms. The Morgan fingerprint density at radius 3 is 2.39 bits per heavy atom. The Bertz CT molecular complexity index is 1050. The van der Waals surface area contributed by atoms with Crippen molar-refractivity contribution < 1.29 is 23.9 Å². The van der Waals surface area contributed by atoms with Gasteiger partial charge in [-0.1, -0.05) is 29.8 Å². The molecule has 0 bridgehead atoms. The quantitative estimate of drug-likeness (QED) is 0.420. The summed E-state index contributed by atoms with van der Waals surface area (Å²) in [7, 11) is 0. The van der Waals surface area contributed by atoms with Gasteiger partial charge in [0, 0.05) is 5.69 Å². The number of aliphatic carboxylic acids is 1. The van der Waals surface area contributed by atoms with Gasteiger partial charge in [0.05, 0.1) is 30.5 Å². The molecule has 2 amide bonds. The maximum atomic E-state index is 12.7. The molecule has 0 aliphatic heterocycles. The Hall–Kier alpha value is -3.91. The van der Waals surface area contributed by atoms with Gasteiger partial charge in [-0.25, -0.2) is 0 Å². The molecule has 0 aliphatic carbocycles. The van der Waals surface area contributed by atoms with Gasteiger partial charge in [0.25, 0.3) is 5.91 Å². The number of benzene rings is 2. The molecule has 0 saturated heterocycles. The Morgan fingerprint density at radius 1 is 0.968 bits per heavy atom. The van der Waals surface area contributed by atoms with Crippen LogP contribution in [0.25, 0.3) is 0 Å². The second kappa shape index (κ2) is 10.2. The minimum atomic E-state index is -1.16. The number of hydrogen-bond acceptors (Lipinski definition) is 5. The van der Waals surface area contributed by atoms with Gasteiger partial charge in [0.2, 0.25) is 5.91 Å². The first-order chi connectivity index (χ1) is 14.9. The third-order valence-corrected chi connectivity index (χ3v) is 4.55. The Morgan fingerprint density at radius 2 is 1.71 bits per heavy atom. The number of furan rings is 1. The van der Waals surface area contributed by atoms with Gasteiger partial charge >= 0.3 is 5.97 Å². The van der Waals surface area contributed by atoms with Crippen LogP contribution in [0, 0.1) is 6.92 Å². The molecule has 4 N–H and O–H groups in total. The van der Waals surface area contributed by atoms with Gasteiger partial charge in [-0.2, -0.15) is 0 Å². The summed E-state index contributed by atoms with van der Waals surface area (Å²) in [4.78, 5) is 36.7. The van der Waals surface area contributed by atoms with Crippen LogP contribution in [-0.2, 0) is 16.1 Å². The number of amides is 2. The van der Waals surface area contributed by atoms with Crippen molar-refractivity contribution in [2.24, 2.45) is 0 Å². The maximum Gasteiger partial charge on any atom is 0.321 e. The summed E-state index contributed by atoms with van der Waals surface area (Å²) in [6, 6.07) is 16.2. The lowest BCUT2D eigenvalue weighted by Gasteiger charge is -2.15. The normalized spacial score (nSPS) is 11.5. The highest BCUT2D eigenvalue weighted by atomic mass is 16.4. The Kier molecular flexibility index (Phi) is 7.18. The average molecular weight is 421 g/mol. The van der Waals surface area contributed by atoms with E-state index in [2.05, 4.69) is 16.0 Å². The van der Waals surface area contributed by atoms with Crippen LogP contribution in [0.1, 0.15) is 28.1 Å². The van der Waals surface area contributed by atoms with E-state index in [1.54, 1.807) is 48.5 Å². The van der Waals surface area contributed by atoms with Crippen molar-refractivity contribution >= 4 is 29.2 Å². The van der Waals surface area contributed by atoms with E-state index in [4.69, 9.17) is 4.42 Å². The molecule has 0 saturated carbocycles. The summed E-state index contributed by atoms with van der Waals surface area (Å²) in [6.45, 7) is 2.12. The Balaban J connectivity index is 1.64. The van der Waals surface area contributed by atoms with Crippen molar-refractivity contribution in [2.75, 3.05) is 10.6 Å². The zero-order valence-electron chi connectivity index (χ0n) is 16.9. The predicted octanol–water partition coefficient (Wildman–Crippen LogP) is 3.41. The average Bonchev–Trinajstić information content (AvgIpc) is 3.26. The SMILES string of the molecule is Cc1ccc(NC(=O)c2ccccc2NC(=O)C[C@@H](NCc2ccco2)C(=O)O)cc1. The summed E-state index contributed by atoms with van der Waals surface area (Å²) < 4.78 is 5.16. The molecular weight excluding hydrogens is 398 g/mol. The minimum absolute atomic E-state index is 0.173. The predicted molar refractivity (Wildman–Crippen MR) is 116 cm³/mol. The molecule has 0 aliphatic rings. The number of nitrogens with one attached hydrogen (secondary N) is 3. The molecule has 8 nitrogen and oxygen atoms in total. The van der Waals surface area contributed by atoms with E-state index >= 15 is 0 Å². The Labute approximate surface area is 179 Å². The molecule has 1 heterocycles. The number of carboxylic acids is 1. The van der Waals surface area contributed by atoms with Crippen molar-refractivity contribution in [3.8, 4) is 0 Å². The van der Waals surface area contributed by atoms with Gasteiger partial charge in [-0.3, -0.25) is 19.7 Å². The second-order valence-electron chi connectivity index (χ2n) is 6.97. The number of aryl methyl sites for hydroxylation is 1. The lowest BCUT2D eigenvalue weighted by molar-refractivity contribution is -0.141. The number of carboxylic acid groups (broad SMARTS) is 1. The van der Waals surface area contributed by atoms with Crippen LogP contribution < -0.4 is 16.0 Å². The van der Waals surface area contributed by atoms with E-state index in [9.17, 15) is 19.5 Å². The molecular formula is C23H23N3O5. The molecule has 3 rings (SSSR count). The molecule has 1 aromatic heterocycles. The van der Waals surface area contributed by atoms with E-state index in [-0.39, 0.29) is 24.4 Å². The highest BCUT2D eigenvalue weighted by molar-refractivity contribution is 6.10. The van der Waals surface area contributed by atoms with Crippen LogP contribution >= 0.6 is 0 Å². The number of carbonyl (C=O) groups is 3. The largest absolute Gasteiger partial charge is 0.480 e. The van der Waals surface area contributed by atoms with E-state index in [0.717, 1.165) is 5.56 Å². The third-order valence-electron chi connectivity index (χ3n) is 4.55. The molecule has 0 unspecified atom stereocenters. The molecule has 3 aromatic rings. The summed E-state index contributed by atoms with van der Waals surface area (Å²) in [6.07, 6.45) is 1.17. The van der Waals surface area contributed by atoms with E-state index in [1.807, 2.05) is 19.1 Å². The van der Waals surface area contributed by atoms with Crippen LogP contribution in [0.2, 0.25) is 0 Å². The fourth-order valence-corrected chi connectivity index (χ4v) is 2.90. The fraction of sp³-hybridized carbons (Fsp3) is 0.174. The highest BCUT2D eigenvalue weighted by Crippen LogP contribution is 2.18. The van der Waals surface area contributed by atoms with Gasteiger partial charge in [0.1, 0.15) is 11.8 Å². The van der Waals surface area contributed by atoms with Crippen molar-refractivity contribution in [3.05, 3.63) is 83.8 Å². The number of hydrogen-bond donors (Lipinski definition) is 4. The van der Waals surface area contributed by atoms with Gasteiger partial charge < -0.3 is 20.2 Å². The molecule has 0 fully saturated rings. The molecule has 2 aromatic carbocycles. The van der Waals surface area contributed by atoms with Gasteiger partial charge in [-0.05, 0) is 43.3 Å². The van der Waals surface area contributed by atoms with E-state index in [0.29, 0.717) is 17.1 Å². The molecule has 0 spiro atoms. The summed E-state index contributed by atoms with van der Waals surface area (Å²) in [5.41, 5.74) is 2.27. The third kappa shape index (κ3) is 6.28. The lowest BCUT2D eigenvalue weighted by atomic mass is 10.1. The van der Waals surface area contributed by atoms with Crippen molar-refractivity contribution in [1.29, 1.82) is 0 Å². The van der Waals surface area contributed by atoms with Crippen LogP contribution in [0.5, 0.6) is 0 Å². The number of anilines is 2. The van der Waals surface area contributed by atoms with Crippen LogP contribution in [0.15, 0.2) is 71.3 Å². The van der Waals surface area contributed by atoms with Crippen molar-refractivity contribution in [2.45, 2.75) is 25.9 Å². The zero-order chi connectivity index (χ0) is 22.2. The highest BCUT2D eigenvalue weighted by Gasteiger charge is 2.22. The molecule has 1 atom stereocenters. The van der Waals surface area contributed by atoms with Crippen LogP contribution in [0.4, 0.5) is 11.4 Å². The topological polar surface area (TPSA) is 121 Å². The maximum absolute atomic E-state index is 12.7. The first kappa shape index (κ1) is 21.8. The molecule has 160 valence electrons. The second-order valence-corrected chi connectivity index (χ2v) is 6.97.